The van der Waals surface area contributed by atoms with Crippen LogP contribution >= 0.6 is 0 Å². The summed E-state index contributed by atoms with van der Waals surface area (Å²) in [6, 6.07) is 7.95. The monoisotopic (exact) mass is 397 g/mol. The van der Waals surface area contributed by atoms with Crippen LogP contribution in [0.4, 0.5) is 0 Å². The van der Waals surface area contributed by atoms with Crippen LogP contribution in [0.3, 0.4) is 0 Å². The maximum atomic E-state index is 13.0. The average molecular weight is 398 g/mol. The van der Waals surface area contributed by atoms with E-state index in [9.17, 15) is 8.42 Å². The van der Waals surface area contributed by atoms with Crippen molar-refractivity contribution in [1.82, 2.24) is 14.3 Å². The largest absolute Gasteiger partial charge is 0.333 e. The molecule has 0 aliphatic rings. The second-order valence-electron chi connectivity index (χ2n) is 7.33. The predicted molar refractivity (Wildman–Crippen MR) is 112 cm³/mol. The molecule has 1 heterocycles. The Labute approximate surface area is 167 Å². The maximum Gasteiger partial charge on any atom is 0.241 e. The first-order valence-corrected chi connectivity index (χ1v) is 10.8. The number of sulfonamides is 1. The van der Waals surface area contributed by atoms with Gasteiger partial charge in [0.1, 0.15) is 0 Å². The summed E-state index contributed by atoms with van der Waals surface area (Å²) in [6.45, 7) is 10.8. The van der Waals surface area contributed by atoms with Crippen LogP contribution < -0.4 is 4.72 Å². The molecule has 0 radical (unpaired) electrons. The van der Waals surface area contributed by atoms with Crippen LogP contribution in [0.15, 0.2) is 47.9 Å². The van der Waals surface area contributed by atoms with Crippen molar-refractivity contribution in [2.75, 3.05) is 0 Å². The van der Waals surface area contributed by atoms with Crippen molar-refractivity contribution in [1.29, 1.82) is 0 Å². The number of imidazole rings is 1. The molecule has 6 heteroatoms. The molecule has 0 unspecified atom stereocenters. The summed E-state index contributed by atoms with van der Waals surface area (Å²) in [5, 5.41) is 0. The third-order valence-corrected chi connectivity index (χ3v) is 7.29. The zero-order chi connectivity index (χ0) is 20.5. The molecular weight excluding hydrogens is 370 g/mol. The Hall–Kier alpha value is -2.44. The van der Waals surface area contributed by atoms with Gasteiger partial charge in [-0.1, -0.05) is 24.3 Å². The van der Waals surface area contributed by atoms with Crippen LogP contribution in [0.25, 0.3) is 0 Å². The second kappa shape index (κ2) is 7.89. The van der Waals surface area contributed by atoms with E-state index in [2.05, 4.69) is 9.71 Å². The normalized spacial score (nSPS) is 11.8. The highest BCUT2D eigenvalue weighted by atomic mass is 32.2. The SMILES string of the molecule is Cc1c(C)c(C)c(S(=O)(=O)NCc2ccc(Cn3ccnc3)cc2)c(C)c1C. The van der Waals surface area contributed by atoms with Crippen molar-refractivity contribution in [2.45, 2.75) is 52.6 Å². The summed E-state index contributed by atoms with van der Waals surface area (Å²) in [4.78, 5) is 4.45. The summed E-state index contributed by atoms with van der Waals surface area (Å²) < 4.78 is 30.8. The number of hydrogen-bond acceptors (Lipinski definition) is 3. The minimum atomic E-state index is -3.60. The van der Waals surface area contributed by atoms with Crippen LogP contribution in [-0.2, 0) is 23.1 Å². The highest BCUT2D eigenvalue weighted by Crippen LogP contribution is 2.29. The molecule has 148 valence electrons. The van der Waals surface area contributed by atoms with Crippen molar-refractivity contribution in [3.63, 3.8) is 0 Å². The van der Waals surface area contributed by atoms with E-state index in [1.165, 1.54) is 0 Å². The number of rotatable bonds is 6. The predicted octanol–water partition coefficient (Wildman–Crippen LogP) is 3.95. The Morgan fingerprint density at radius 2 is 1.39 bits per heavy atom. The van der Waals surface area contributed by atoms with E-state index in [-0.39, 0.29) is 6.54 Å². The van der Waals surface area contributed by atoms with Gasteiger partial charge in [0.25, 0.3) is 0 Å². The molecule has 0 aliphatic heterocycles. The van der Waals surface area contributed by atoms with Crippen LogP contribution in [-0.4, -0.2) is 18.0 Å². The van der Waals surface area contributed by atoms with E-state index >= 15 is 0 Å². The van der Waals surface area contributed by atoms with Gasteiger partial charge in [-0.2, -0.15) is 0 Å². The molecule has 0 saturated carbocycles. The van der Waals surface area contributed by atoms with Gasteiger partial charge in [-0.3, -0.25) is 0 Å². The fourth-order valence-electron chi connectivity index (χ4n) is 3.47. The van der Waals surface area contributed by atoms with Gasteiger partial charge in [0.15, 0.2) is 0 Å². The maximum absolute atomic E-state index is 13.0. The highest BCUT2D eigenvalue weighted by molar-refractivity contribution is 7.89. The van der Waals surface area contributed by atoms with Crippen LogP contribution in [0.2, 0.25) is 0 Å². The van der Waals surface area contributed by atoms with Crippen molar-refractivity contribution < 1.29 is 8.42 Å². The first kappa shape index (κ1) is 20.3. The fourth-order valence-corrected chi connectivity index (χ4v) is 5.09. The summed E-state index contributed by atoms with van der Waals surface area (Å²) in [5.41, 5.74) is 6.93. The van der Waals surface area contributed by atoms with Gasteiger partial charge in [-0.25, -0.2) is 18.1 Å². The van der Waals surface area contributed by atoms with Gasteiger partial charge < -0.3 is 4.57 Å². The lowest BCUT2D eigenvalue weighted by molar-refractivity contribution is 0.579. The van der Waals surface area contributed by atoms with Crippen LogP contribution in [0.1, 0.15) is 38.9 Å². The standard InChI is InChI=1S/C22H27N3O2S/c1-15-16(2)18(4)22(19(5)17(15)3)28(26,27)24-12-20-6-8-21(9-7-20)13-25-11-10-23-14-25/h6-11,14,24H,12-13H2,1-5H3. The van der Waals surface area contributed by atoms with Gasteiger partial charge in [-0.15, -0.1) is 0 Å². The van der Waals surface area contributed by atoms with Gasteiger partial charge >= 0.3 is 0 Å². The first-order chi connectivity index (χ1) is 13.2. The lowest BCUT2D eigenvalue weighted by atomic mass is 9.95. The molecule has 28 heavy (non-hydrogen) atoms. The van der Waals surface area contributed by atoms with E-state index in [0.717, 1.165) is 45.5 Å². The Morgan fingerprint density at radius 3 is 1.93 bits per heavy atom. The molecular formula is C22H27N3O2S. The minimum Gasteiger partial charge on any atom is -0.333 e. The Kier molecular flexibility index (Phi) is 5.72. The van der Waals surface area contributed by atoms with Gasteiger partial charge in [0, 0.05) is 25.5 Å². The lowest BCUT2D eigenvalue weighted by Gasteiger charge is -2.19. The van der Waals surface area contributed by atoms with Crippen molar-refractivity contribution in [2.24, 2.45) is 0 Å². The van der Waals surface area contributed by atoms with Gasteiger partial charge in [0.2, 0.25) is 10.0 Å². The molecule has 0 saturated heterocycles. The van der Waals surface area contributed by atoms with E-state index < -0.39 is 10.0 Å². The molecule has 3 aromatic rings. The molecule has 0 aliphatic carbocycles. The number of aromatic nitrogens is 2. The molecule has 5 nitrogen and oxygen atoms in total. The molecule has 1 N–H and O–H groups in total. The van der Waals surface area contributed by atoms with E-state index in [0.29, 0.717) is 4.90 Å². The number of benzene rings is 2. The molecule has 0 spiro atoms. The third-order valence-electron chi connectivity index (χ3n) is 5.61. The minimum absolute atomic E-state index is 0.262. The van der Waals surface area contributed by atoms with Crippen molar-refractivity contribution in [3.8, 4) is 0 Å². The summed E-state index contributed by atoms with van der Waals surface area (Å²) >= 11 is 0. The zero-order valence-corrected chi connectivity index (χ0v) is 17.9. The quantitative estimate of drug-likeness (QED) is 0.685. The van der Waals surface area contributed by atoms with E-state index in [1.807, 2.05) is 69.6 Å². The molecule has 3 rings (SSSR count). The van der Waals surface area contributed by atoms with Crippen molar-refractivity contribution >= 4 is 10.0 Å². The zero-order valence-electron chi connectivity index (χ0n) is 17.1. The topological polar surface area (TPSA) is 64.0 Å². The van der Waals surface area contributed by atoms with E-state index in [1.54, 1.807) is 12.5 Å². The molecule has 0 bridgehead atoms. The fraction of sp³-hybridized carbons (Fsp3) is 0.318. The van der Waals surface area contributed by atoms with Gasteiger partial charge in [-0.05, 0) is 73.6 Å². The molecule has 0 atom stereocenters. The average Bonchev–Trinajstić information content (AvgIpc) is 3.17. The number of nitrogens with one attached hydrogen (secondary N) is 1. The van der Waals surface area contributed by atoms with Crippen LogP contribution in [0, 0.1) is 34.6 Å². The van der Waals surface area contributed by atoms with Gasteiger partial charge in [0.05, 0.1) is 11.2 Å². The first-order valence-electron chi connectivity index (χ1n) is 9.31. The third kappa shape index (κ3) is 4.03. The number of nitrogens with zero attached hydrogens (tertiary/aromatic N) is 2. The summed E-state index contributed by atoms with van der Waals surface area (Å²) in [6.07, 6.45) is 5.44. The Balaban J connectivity index is 1.77. The Morgan fingerprint density at radius 1 is 0.857 bits per heavy atom. The molecule has 2 aromatic carbocycles. The number of hydrogen-bond donors (Lipinski definition) is 1. The van der Waals surface area contributed by atoms with Crippen molar-refractivity contribution in [3.05, 3.63) is 81.9 Å². The Bertz CT molecular complexity index is 1050. The summed E-state index contributed by atoms with van der Waals surface area (Å²) in [7, 11) is -3.60. The highest BCUT2D eigenvalue weighted by Gasteiger charge is 2.23. The second-order valence-corrected chi connectivity index (χ2v) is 9.03. The van der Waals surface area contributed by atoms with E-state index in [4.69, 9.17) is 0 Å². The lowest BCUT2D eigenvalue weighted by Crippen LogP contribution is -2.25. The smallest absolute Gasteiger partial charge is 0.241 e. The molecule has 0 fully saturated rings. The molecule has 0 amide bonds. The van der Waals surface area contributed by atoms with Crippen LogP contribution in [0.5, 0.6) is 0 Å². The summed E-state index contributed by atoms with van der Waals surface area (Å²) in [5.74, 6) is 0. The molecule has 1 aromatic heterocycles.